The molecule has 1 atom stereocenters. The van der Waals surface area contributed by atoms with Gasteiger partial charge in [-0.15, -0.1) is 0 Å². The Morgan fingerprint density at radius 2 is 0.481 bits per heavy atom. The fourth-order valence-electron chi connectivity index (χ4n) is 10.2. The number of carbonyl (C=O) groups excluding carboxylic acids is 3. The van der Waals surface area contributed by atoms with E-state index in [1.807, 2.05) is 0 Å². The highest BCUT2D eigenvalue weighted by Gasteiger charge is 2.19. The van der Waals surface area contributed by atoms with Crippen LogP contribution in [0, 0.1) is 0 Å². The van der Waals surface area contributed by atoms with Gasteiger partial charge in [0.2, 0.25) is 0 Å². The summed E-state index contributed by atoms with van der Waals surface area (Å²) >= 11 is 0. The number of carbonyl (C=O) groups is 3. The normalized spacial score (nSPS) is 12.6. The largest absolute Gasteiger partial charge is 0.462 e. The standard InChI is InChI=1S/C75H132O6/c1-4-7-10-13-16-19-22-25-27-29-31-32-33-34-35-36-37-38-39-40-41-42-43-44-45-47-48-50-53-56-59-62-65-68-74(77)80-71-72(70-79-73(76)67-64-61-58-55-52-24-21-18-15-12-9-6-3)81-75(78)69-66-63-60-57-54-51-49-46-30-28-26-23-20-17-14-11-8-5-2/h7,10,16,18-19,21,25,27,31-32,34-35,37-38,72H,4-6,8-9,11-15,17,20,22-24,26,28-30,33,36,39-71H2,1-3H3/b10-7-,19-16-,21-18-,27-25-,32-31-,35-34-,38-37-. The van der Waals surface area contributed by atoms with Crippen molar-refractivity contribution in [1.29, 1.82) is 0 Å². The van der Waals surface area contributed by atoms with Crippen LogP contribution in [0.25, 0.3) is 0 Å². The lowest BCUT2D eigenvalue weighted by Crippen LogP contribution is -2.30. The molecule has 1 unspecified atom stereocenters. The summed E-state index contributed by atoms with van der Waals surface area (Å²) in [5, 5.41) is 0. The van der Waals surface area contributed by atoms with E-state index >= 15 is 0 Å². The van der Waals surface area contributed by atoms with Crippen LogP contribution in [0.3, 0.4) is 0 Å². The monoisotopic (exact) mass is 1130 g/mol. The summed E-state index contributed by atoms with van der Waals surface area (Å²) < 4.78 is 17.0. The summed E-state index contributed by atoms with van der Waals surface area (Å²) in [6.07, 6.45) is 91.8. The first kappa shape index (κ1) is 77.6. The maximum Gasteiger partial charge on any atom is 0.306 e. The highest BCUT2D eigenvalue weighted by Crippen LogP contribution is 2.18. The van der Waals surface area contributed by atoms with Crippen molar-refractivity contribution in [2.24, 2.45) is 0 Å². The average molecular weight is 1130 g/mol. The number of rotatable bonds is 64. The number of esters is 3. The molecule has 0 radical (unpaired) electrons. The fraction of sp³-hybridized carbons (Fsp3) is 0.773. The molecule has 0 aliphatic carbocycles. The van der Waals surface area contributed by atoms with E-state index < -0.39 is 6.10 Å². The predicted molar refractivity (Wildman–Crippen MR) is 353 cm³/mol. The Hall–Kier alpha value is -3.41. The van der Waals surface area contributed by atoms with E-state index in [1.54, 1.807) is 0 Å². The SMILES string of the molecule is CC/C=C\C/C=C\C/C=C\C/C=C\C/C=C\C/C=C\CCCCCCCCCCCCCCCCC(=O)OCC(COC(=O)CCCCCCC/C=C\CCCCC)OC(=O)CCCCCCCCCCCCCCCCCCCC. The molecular formula is C75H132O6. The van der Waals surface area contributed by atoms with E-state index in [9.17, 15) is 14.4 Å². The van der Waals surface area contributed by atoms with Crippen LogP contribution in [-0.2, 0) is 28.6 Å². The highest BCUT2D eigenvalue weighted by molar-refractivity contribution is 5.71. The van der Waals surface area contributed by atoms with Gasteiger partial charge in [-0.1, -0.05) is 324 Å². The molecule has 0 fully saturated rings. The first-order valence-corrected chi connectivity index (χ1v) is 35.1. The Bertz CT molecular complexity index is 1530. The summed E-state index contributed by atoms with van der Waals surface area (Å²) in [4.78, 5) is 38.4. The van der Waals surface area contributed by atoms with E-state index in [4.69, 9.17) is 14.2 Å². The minimum Gasteiger partial charge on any atom is -0.462 e. The van der Waals surface area contributed by atoms with Crippen molar-refractivity contribution in [1.82, 2.24) is 0 Å². The summed E-state index contributed by atoms with van der Waals surface area (Å²) in [6.45, 7) is 6.54. The van der Waals surface area contributed by atoms with Crippen LogP contribution < -0.4 is 0 Å². The quantitative estimate of drug-likeness (QED) is 0.0261. The zero-order valence-corrected chi connectivity index (χ0v) is 53.8. The van der Waals surface area contributed by atoms with Gasteiger partial charge in [-0.25, -0.2) is 0 Å². The van der Waals surface area contributed by atoms with E-state index in [-0.39, 0.29) is 31.1 Å². The van der Waals surface area contributed by atoms with Gasteiger partial charge >= 0.3 is 17.9 Å². The molecule has 0 amide bonds. The maximum atomic E-state index is 12.9. The summed E-state index contributed by atoms with van der Waals surface area (Å²) in [5.74, 6) is -0.864. The summed E-state index contributed by atoms with van der Waals surface area (Å²) in [5.41, 5.74) is 0. The topological polar surface area (TPSA) is 78.9 Å². The molecule has 0 spiro atoms. The minimum absolute atomic E-state index is 0.0743. The fourth-order valence-corrected chi connectivity index (χ4v) is 10.2. The maximum absolute atomic E-state index is 12.9. The molecule has 6 nitrogen and oxygen atoms in total. The molecule has 0 saturated heterocycles. The first-order valence-electron chi connectivity index (χ1n) is 35.1. The molecule has 0 aromatic rings. The smallest absolute Gasteiger partial charge is 0.306 e. The van der Waals surface area contributed by atoms with E-state index in [2.05, 4.69) is 106 Å². The molecule has 0 heterocycles. The van der Waals surface area contributed by atoms with Crippen molar-refractivity contribution >= 4 is 17.9 Å². The highest BCUT2D eigenvalue weighted by atomic mass is 16.6. The molecule has 0 N–H and O–H groups in total. The molecule has 81 heavy (non-hydrogen) atoms. The van der Waals surface area contributed by atoms with E-state index in [0.717, 1.165) is 103 Å². The lowest BCUT2D eigenvalue weighted by atomic mass is 10.0. The summed E-state index contributed by atoms with van der Waals surface area (Å²) in [6, 6.07) is 0. The number of allylic oxidation sites excluding steroid dienone is 14. The Morgan fingerprint density at radius 3 is 0.790 bits per heavy atom. The molecule has 0 aromatic heterocycles. The van der Waals surface area contributed by atoms with Crippen LogP contribution in [0.2, 0.25) is 0 Å². The van der Waals surface area contributed by atoms with E-state index in [0.29, 0.717) is 19.3 Å². The lowest BCUT2D eigenvalue weighted by molar-refractivity contribution is -0.167. The Labute approximate surface area is 503 Å². The van der Waals surface area contributed by atoms with Crippen LogP contribution in [0.1, 0.15) is 355 Å². The molecule has 0 rings (SSSR count). The molecule has 0 aromatic carbocycles. The Balaban J connectivity index is 4.17. The van der Waals surface area contributed by atoms with Crippen molar-refractivity contribution in [3.05, 3.63) is 85.1 Å². The molecular weight excluding hydrogens is 997 g/mol. The predicted octanol–water partition coefficient (Wildman–Crippen LogP) is 24.2. The van der Waals surface area contributed by atoms with Crippen molar-refractivity contribution in [3.63, 3.8) is 0 Å². The zero-order chi connectivity index (χ0) is 58.5. The van der Waals surface area contributed by atoms with Gasteiger partial charge in [0.1, 0.15) is 13.2 Å². The van der Waals surface area contributed by atoms with Crippen LogP contribution in [0.5, 0.6) is 0 Å². The molecule has 0 bridgehead atoms. The zero-order valence-electron chi connectivity index (χ0n) is 53.8. The van der Waals surface area contributed by atoms with Crippen LogP contribution in [0.15, 0.2) is 85.1 Å². The second-order valence-corrected chi connectivity index (χ2v) is 23.4. The minimum atomic E-state index is -0.777. The van der Waals surface area contributed by atoms with Gasteiger partial charge in [0.15, 0.2) is 6.10 Å². The van der Waals surface area contributed by atoms with Crippen LogP contribution >= 0.6 is 0 Å². The lowest BCUT2D eigenvalue weighted by Gasteiger charge is -2.18. The third kappa shape index (κ3) is 67.3. The van der Waals surface area contributed by atoms with Crippen LogP contribution in [-0.4, -0.2) is 37.2 Å². The van der Waals surface area contributed by atoms with Gasteiger partial charge in [-0.2, -0.15) is 0 Å². The third-order valence-corrected chi connectivity index (χ3v) is 15.4. The number of unbranched alkanes of at least 4 members (excludes halogenated alkanes) is 39. The molecule has 0 saturated carbocycles. The van der Waals surface area contributed by atoms with Gasteiger partial charge in [0, 0.05) is 19.3 Å². The van der Waals surface area contributed by atoms with Gasteiger partial charge in [0.25, 0.3) is 0 Å². The van der Waals surface area contributed by atoms with Gasteiger partial charge in [-0.05, 0) is 96.3 Å². The molecule has 6 heteroatoms. The summed E-state index contributed by atoms with van der Waals surface area (Å²) in [7, 11) is 0. The number of hydrogen-bond acceptors (Lipinski definition) is 6. The van der Waals surface area contributed by atoms with Crippen molar-refractivity contribution in [2.75, 3.05) is 13.2 Å². The second kappa shape index (κ2) is 69.1. The van der Waals surface area contributed by atoms with E-state index in [1.165, 1.54) is 212 Å². The number of hydrogen-bond donors (Lipinski definition) is 0. The van der Waals surface area contributed by atoms with Gasteiger partial charge in [-0.3, -0.25) is 14.4 Å². The number of ether oxygens (including phenoxy) is 3. The molecule has 468 valence electrons. The van der Waals surface area contributed by atoms with Gasteiger partial charge in [0.05, 0.1) is 0 Å². The van der Waals surface area contributed by atoms with Crippen molar-refractivity contribution < 1.29 is 28.6 Å². The molecule has 0 aliphatic rings. The van der Waals surface area contributed by atoms with Crippen LogP contribution in [0.4, 0.5) is 0 Å². The molecule has 0 aliphatic heterocycles. The average Bonchev–Trinajstić information content (AvgIpc) is 3.47. The Morgan fingerprint density at radius 1 is 0.259 bits per heavy atom. The Kier molecular flexibility index (Phi) is 66.2. The van der Waals surface area contributed by atoms with Gasteiger partial charge < -0.3 is 14.2 Å². The first-order chi connectivity index (χ1) is 40.0. The second-order valence-electron chi connectivity index (χ2n) is 23.4. The van der Waals surface area contributed by atoms with Crippen molar-refractivity contribution in [2.45, 2.75) is 361 Å². The third-order valence-electron chi connectivity index (χ3n) is 15.4. The van der Waals surface area contributed by atoms with Crippen molar-refractivity contribution in [3.8, 4) is 0 Å².